The third-order valence-electron chi connectivity index (χ3n) is 4.84. The van der Waals surface area contributed by atoms with E-state index in [1.807, 2.05) is 31.2 Å². The van der Waals surface area contributed by atoms with Gasteiger partial charge < -0.3 is 14.6 Å². The Kier molecular flexibility index (Phi) is 5.45. The number of rotatable bonds is 6. The largest absolute Gasteiger partial charge is 0.440 e. The van der Waals surface area contributed by atoms with Crippen LogP contribution in [0.1, 0.15) is 43.0 Å². The van der Waals surface area contributed by atoms with Crippen LogP contribution in [0, 0.1) is 0 Å². The summed E-state index contributed by atoms with van der Waals surface area (Å²) in [5.74, 6) is 1.08. The number of likely N-dealkylation sites (tertiary alicyclic amines) is 1. The average molecular weight is 385 g/mol. The Morgan fingerprint density at radius 1 is 1.37 bits per heavy atom. The van der Waals surface area contributed by atoms with Crippen molar-refractivity contribution in [2.45, 2.75) is 38.5 Å². The molecule has 0 saturated carbocycles. The lowest BCUT2D eigenvalue weighted by molar-refractivity contribution is -0.116. The zero-order chi connectivity index (χ0) is 18.6. The van der Waals surface area contributed by atoms with Crippen molar-refractivity contribution < 1.29 is 9.21 Å². The maximum Gasteiger partial charge on any atom is 0.227 e. The molecule has 0 aliphatic carbocycles. The summed E-state index contributed by atoms with van der Waals surface area (Å²) in [5, 5.41) is 12.4. The highest BCUT2D eigenvalue weighted by Gasteiger charge is 2.25. The Bertz CT molecular complexity index is 889. The van der Waals surface area contributed by atoms with Crippen LogP contribution in [0.25, 0.3) is 11.1 Å². The van der Waals surface area contributed by atoms with E-state index in [4.69, 9.17) is 4.42 Å². The molecule has 7 nitrogen and oxygen atoms in total. The molecule has 2 aromatic heterocycles. The number of carbonyl (C=O) groups is 1. The number of carbonyl (C=O) groups excluding carboxylic acids is 1. The van der Waals surface area contributed by atoms with Crippen molar-refractivity contribution in [3.05, 3.63) is 35.2 Å². The molecule has 8 heteroatoms. The minimum Gasteiger partial charge on any atom is -0.440 e. The van der Waals surface area contributed by atoms with Crippen molar-refractivity contribution in [2.24, 2.45) is 0 Å². The summed E-state index contributed by atoms with van der Waals surface area (Å²) in [6.07, 6.45) is 3.43. The molecule has 0 bridgehead atoms. The highest BCUT2D eigenvalue weighted by atomic mass is 32.1. The van der Waals surface area contributed by atoms with Crippen LogP contribution in [0.5, 0.6) is 0 Å². The molecule has 142 valence electrons. The number of aryl methyl sites for hydroxylation is 1. The van der Waals surface area contributed by atoms with Crippen LogP contribution >= 0.6 is 11.3 Å². The first-order chi connectivity index (χ1) is 13.2. The number of para-hydroxylation sites is 2. The smallest absolute Gasteiger partial charge is 0.227 e. The van der Waals surface area contributed by atoms with Crippen LogP contribution in [0.15, 0.2) is 28.7 Å². The van der Waals surface area contributed by atoms with Gasteiger partial charge in [0.05, 0.1) is 0 Å². The third-order valence-corrected chi connectivity index (χ3v) is 5.82. The zero-order valence-electron chi connectivity index (χ0n) is 15.4. The van der Waals surface area contributed by atoms with Gasteiger partial charge in [-0.15, -0.1) is 10.2 Å². The maximum absolute atomic E-state index is 12.2. The van der Waals surface area contributed by atoms with Gasteiger partial charge >= 0.3 is 0 Å². The molecule has 1 atom stereocenters. The van der Waals surface area contributed by atoms with Crippen LogP contribution < -0.4 is 5.32 Å². The van der Waals surface area contributed by atoms with Crippen LogP contribution in [0.4, 0.5) is 5.13 Å². The van der Waals surface area contributed by atoms with Crippen LogP contribution in [-0.2, 0) is 11.2 Å². The maximum atomic E-state index is 12.2. The van der Waals surface area contributed by atoms with Crippen molar-refractivity contribution in [3.63, 3.8) is 0 Å². The second-order valence-corrected chi connectivity index (χ2v) is 7.87. The van der Waals surface area contributed by atoms with E-state index < -0.39 is 0 Å². The molecule has 1 aromatic carbocycles. The Labute approximate surface area is 161 Å². The number of nitrogens with zero attached hydrogens (tertiary/aromatic N) is 4. The van der Waals surface area contributed by atoms with E-state index in [0.29, 0.717) is 11.6 Å². The lowest BCUT2D eigenvalue weighted by Gasteiger charge is -2.30. The normalized spacial score (nSPS) is 18.0. The van der Waals surface area contributed by atoms with Gasteiger partial charge in [-0.05, 0) is 37.9 Å². The van der Waals surface area contributed by atoms with E-state index in [9.17, 15) is 4.79 Å². The number of fused-ring (bicyclic) bond motifs is 1. The summed E-state index contributed by atoms with van der Waals surface area (Å²) in [5.41, 5.74) is 1.75. The topological polar surface area (TPSA) is 84.2 Å². The first-order valence-corrected chi connectivity index (χ1v) is 10.2. The van der Waals surface area contributed by atoms with Crippen molar-refractivity contribution in [1.82, 2.24) is 20.1 Å². The molecule has 4 rings (SSSR count). The summed E-state index contributed by atoms with van der Waals surface area (Å²) >= 11 is 1.43. The highest BCUT2D eigenvalue weighted by Crippen LogP contribution is 2.29. The summed E-state index contributed by atoms with van der Waals surface area (Å²) in [7, 11) is 0. The van der Waals surface area contributed by atoms with E-state index in [1.54, 1.807) is 0 Å². The minimum atomic E-state index is -0.0159. The summed E-state index contributed by atoms with van der Waals surface area (Å²) in [4.78, 5) is 19.2. The molecule has 1 saturated heterocycles. The number of anilines is 1. The van der Waals surface area contributed by atoms with Gasteiger partial charge in [-0.2, -0.15) is 0 Å². The number of hydrogen-bond donors (Lipinski definition) is 1. The Morgan fingerprint density at radius 3 is 3.07 bits per heavy atom. The van der Waals surface area contributed by atoms with Crippen molar-refractivity contribution in [2.75, 3.05) is 25.0 Å². The van der Waals surface area contributed by atoms with Gasteiger partial charge in [0.2, 0.25) is 11.0 Å². The Balaban J connectivity index is 1.31. The van der Waals surface area contributed by atoms with E-state index >= 15 is 0 Å². The van der Waals surface area contributed by atoms with Crippen molar-refractivity contribution >= 4 is 33.5 Å². The molecule has 1 unspecified atom stereocenters. The Hall–Kier alpha value is -2.32. The predicted octanol–water partition coefficient (Wildman–Crippen LogP) is 3.45. The van der Waals surface area contributed by atoms with E-state index in [1.165, 1.54) is 11.3 Å². The number of benzene rings is 1. The molecular weight excluding hydrogens is 362 g/mol. The van der Waals surface area contributed by atoms with Gasteiger partial charge in [0.1, 0.15) is 10.5 Å². The summed E-state index contributed by atoms with van der Waals surface area (Å²) in [6.45, 7) is 4.62. The number of oxazole rings is 1. The summed E-state index contributed by atoms with van der Waals surface area (Å²) < 4.78 is 5.94. The quantitative estimate of drug-likeness (QED) is 0.700. The zero-order valence-corrected chi connectivity index (χ0v) is 16.2. The second kappa shape index (κ2) is 8.14. The van der Waals surface area contributed by atoms with E-state index in [0.717, 1.165) is 60.9 Å². The van der Waals surface area contributed by atoms with Crippen molar-refractivity contribution in [1.29, 1.82) is 0 Å². The monoisotopic (exact) mass is 385 g/mol. The average Bonchev–Trinajstić information content (AvgIpc) is 3.33. The van der Waals surface area contributed by atoms with Gasteiger partial charge in [0.25, 0.3) is 0 Å². The van der Waals surface area contributed by atoms with Gasteiger partial charge in [-0.1, -0.05) is 30.4 Å². The second-order valence-electron chi connectivity index (χ2n) is 6.81. The fourth-order valence-electron chi connectivity index (χ4n) is 3.41. The number of aromatic nitrogens is 3. The van der Waals surface area contributed by atoms with Crippen LogP contribution in [-0.4, -0.2) is 45.6 Å². The fraction of sp³-hybridized carbons (Fsp3) is 0.474. The molecule has 1 aliphatic heterocycles. The van der Waals surface area contributed by atoms with E-state index in [2.05, 4.69) is 25.4 Å². The van der Waals surface area contributed by atoms with Gasteiger partial charge in [-0.25, -0.2) is 4.98 Å². The molecule has 0 radical (unpaired) electrons. The third kappa shape index (κ3) is 4.33. The molecule has 1 aliphatic rings. The number of nitrogens with one attached hydrogen (secondary N) is 1. The number of piperidine rings is 1. The van der Waals surface area contributed by atoms with E-state index in [-0.39, 0.29) is 11.8 Å². The number of amides is 1. The molecule has 3 heterocycles. The molecule has 1 N–H and O–H groups in total. The van der Waals surface area contributed by atoms with Gasteiger partial charge in [-0.3, -0.25) is 4.79 Å². The molecule has 27 heavy (non-hydrogen) atoms. The van der Waals surface area contributed by atoms with Gasteiger partial charge in [0.15, 0.2) is 11.5 Å². The summed E-state index contributed by atoms with van der Waals surface area (Å²) in [6, 6.07) is 7.87. The first-order valence-electron chi connectivity index (χ1n) is 9.41. The highest BCUT2D eigenvalue weighted by molar-refractivity contribution is 7.15. The molecular formula is C19H23N5O2S. The van der Waals surface area contributed by atoms with Crippen LogP contribution in [0.2, 0.25) is 0 Å². The standard InChI is InChI=1S/C19H23N5O2S/c1-2-17-22-23-19(27-17)21-16(25)9-11-24-10-5-6-13(12-24)18-20-14-7-3-4-8-15(14)26-18/h3-4,7-8,13H,2,5-6,9-12H2,1H3,(H,21,23,25). The van der Waals surface area contributed by atoms with Crippen LogP contribution in [0.3, 0.4) is 0 Å². The number of hydrogen-bond acceptors (Lipinski definition) is 7. The van der Waals surface area contributed by atoms with Crippen molar-refractivity contribution in [3.8, 4) is 0 Å². The lowest BCUT2D eigenvalue weighted by atomic mass is 9.98. The molecule has 3 aromatic rings. The first kappa shape index (κ1) is 18.1. The Morgan fingerprint density at radius 2 is 2.26 bits per heavy atom. The molecule has 1 amide bonds. The fourth-order valence-corrected chi connectivity index (χ4v) is 4.11. The predicted molar refractivity (Wildman–Crippen MR) is 105 cm³/mol. The molecule has 1 fully saturated rings. The minimum absolute atomic E-state index is 0.0159. The lowest BCUT2D eigenvalue weighted by Crippen LogP contribution is -2.36. The SMILES string of the molecule is CCc1nnc(NC(=O)CCN2CCCC(c3nc4ccccc4o3)C2)s1. The molecule has 0 spiro atoms. The van der Waals surface area contributed by atoms with Gasteiger partial charge in [0, 0.05) is 25.4 Å².